The smallest absolute Gasteiger partial charge is 0.309 e. The van der Waals surface area contributed by atoms with E-state index in [1.165, 1.54) is 5.56 Å². The summed E-state index contributed by atoms with van der Waals surface area (Å²) in [7, 11) is 0. The van der Waals surface area contributed by atoms with E-state index in [1.54, 1.807) is 0 Å². The maximum Gasteiger partial charge on any atom is 0.309 e. The zero-order chi connectivity index (χ0) is 13.9. The summed E-state index contributed by atoms with van der Waals surface area (Å²) in [5.41, 5.74) is 1.85. The van der Waals surface area contributed by atoms with Crippen molar-refractivity contribution in [1.82, 2.24) is 0 Å². The van der Waals surface area contributed by atoms with E-state index in [0.29, 0.717) is 11.5 Å². The van der Waals surface area contributed by atoms with Crippen LogP contribution in [0.15, 0.2) is 24.3 Å². The summed E-state index contributed by atoms with van der Waals surface area (Å²) in [6, 6.07) is 7.53. The van der Waals surface area contributed by atoms with Crippen LogP contribution in [-0.4, -0.2) is 16.2 Å². The van der Waals surface area contributed by atoms with Gasteiger partial charge >= 0.3 is 5.97 Å². The lowest BCUT2D eigenvalue weighted by Crippen LogP contribution is -2.26. The Hall–Kier alpha value is -1.35. The predicted molar refractivity (Wildman–Crippen MR) is 71.5 cm³/mol. The van der Waals surface area contributed by atoms with Crippen LogP contribution < -0.4 is 0 Å². The monoisotopic (exact) mass is 250 g/mol. The van der Waals surface area contributed by atoms with Crippen molar-refractivity contribution in [3.05, 3.63) is 35.4 Å². The summed E-state index contributed by atoms with van der Waals surface area (Å²) in [6.07, 6.45) is -0.955. The number of rotatable bonds is 5. The third kappa shape index (κ3) is 3.33. The molecule has 0 saturated carbocycles. The summed E-state index contributed by atoms with van der Waals surface area (Å²) < 4.78 is 0. The lowest BCUT2D eigenvalue weighted by Gasteiger charge is -2.23. The van der Waals surface area contributed by atoms with Gasteiger partial charge in [0.15, 0.2) is 0 Å². The average Bonchev–Trinajstić information content (AvgIpc) is 2.28. The van der Waals surface area contributed by atoms with Crippen molar-refractivity contribution in [2.45, 2.75) is 39.7 Å². The standard InChI is InChI=1S/C15H22O3/c1-9(2)11-5-7-12(8-6-11)14(16)13(10(3)4)15(17)18/h5-10,13-14,16H,1-4H3,(H,17,18). The summed E-state index contributed by atoms with van der Waals surface area (Å²) >= 11 is 0. The molecule has 1 rings (SSSR count). The Morgan fingerprint density at radius 3 is 1.78 bits per heavy atom. The Bertz CT molecular complexity index is 393. The molecule has 0 aliphatic rings. The lowest BCUT2D eigenvalue weighted by atomic mass is 9.86. The van der Waals surface area contributed by atoms with Gasteiger partial charge in [-0.1, -0.05) is 52.0 Å². The second kappa shape index (κ2) is 6.01. The van der Waals surface area contributed by atoms with Crippen molar-refractivity contribution in [3.63, 3.8) is 0 Å². The molecule has 0 fully saturated rings. The molecule has 3 heteroatoms. The zero-order valence-electron chi connectivity index (χ0n) is 11.4. The first-order chi connectivity index (χ1) is 8.34. The van der Waals surface area contributed by atoms with Crippen LogP contribution in [-0.2, 0) is 4.79 Å². The normalized spacial score (nSPS) is 14.8. The predicted octanol–water partition coefficient (Wildman–Crippen LogP) is 3.20. The Balaban J connectivity index is 2.95. The number of carbonyl (C=O) groups is 1. The highest BCUT2D eigenvalue weighted by atomic mass is 16.4. The molecule has 0 spiro atoms. The Kier molecular flexibility index (Phi) is 4.91. The summed E-state index contributed by atoms with van der Waals surface area (Å²) in [5.74, 6) is -1.40. The fourth-order valence-electron chi connectivity index (χ4n) is 2.07. The van der Waals surface area contributed by atoms with E-state index in [2.05, 4.69) is 13.8 Å². The van der Waals surface area contributed by atoms with Crippen molar-refractivity contribution < 1.29 is 15.0 Å². The number of carboxylic acid groups (broad SMARTS) is 1. The molecule has 100 valence electrons. The molecule has 0 saturated heterocycles. The van der Waals surface area contributed by atoms with Crippen LogP contribution in [0.4, 0.5) is 0 Å². The van der Waals surface area contributed by atoms with Crippen LogP contribution in [0.25, 0.3) is 0 Å². The fraction of sp³-hybridized carbons (Fsp3) is 0.533. The maximum atomic E-state index is 11.2. The van der Waals surface area contributed by atoms with E-state index in [1.807, 2.05) is 38.1 Å². The molecule has 0 aliphatic heterocycles. The van der Waals surface area contributed by atoms with Gasteiger partial charge in [0.25, 0.3) is 0 Å². The van der Waals surface area contributed by atoms with Gasteiger partial charge in [-0.25, -0.2) is 0 Å². The lowest BCUT2D eigenvalue weighted by molar-refractivity contribution is -0.148. The van der Waals surface area contributed by atoms with Crippen LogP contribution in [0.2, 0.25) is 0 Å². The first-order valence-corrected chi connectivity index (χ1v) is 6.35. The molecule has 0 aliphatic carbocycles. The third-order valence-corrected chi connectivity index (χ3v) is 3.29. The van der Waals surface area contributed by atoms with Gasteiger partial charge < -0.3 is 10.2 Å². The Labute approximate surface area is 108 Å². The number of aliphatic carboxylic acids is 1. The van der Waals surface area contributed by atoms with Gasteiger partial charge in [0.1, 0.15) is 0 Å². The highest BCUT2D eigenvalue weighted by molar-refractivity contribution is 5.71. The molecule has 0 aromatic heterocycles. The summed E-state index contributed by atoms with van der Waals surface area (Å²) in [6.45, 7) is 7.81. The molecule has 1 aromatic rings. The third-order valence-electron chi connectivity index (χ3n) is 3.29. The number of hydrogen-bond donors (Lipinski definition) is 2. The molecule has 3 nitrogen and oxygen atoms in total. The van der Waals surface area contributed by atoms with Crippen LogP contribution in [0.3, 0.4) is 0 Å². The van der Waals surface area contributed by atoms with E-state index < -0.39 is 18.0 Å². The highest BCUT2D eigenvalue weighted by Crippen LogP contribution is 2.29. The Morgan fingerprint density at radius 1 is 1.00 bits per heavy atom. The minimum absolute atomic E-state index is 0.109. The molecule has 2 atom stereocenters. The quantitative estimate of drug-likeness (QED) is 0.843. The van der Waals surface area contributed by atoms with E-state index in [0.717, 1.165) is 0 Å². The van der Waals surface area contributed by atoms with Crippen molar-refractivity contribution in [1.29, 1.82) is 0 Å². The first kappa shape index (κ1) is 14.7. The van der Waals surface area contributed by atoms with Crippen molar-refractivity contribution in [3.8, 4) is 0 Å². The largest absolute Gasteiger partial charge is 0.481 e. The number of carboxylic acids is 1. The number of hydrogen-bond acceptors (Lipinski definition) is 2. The maximum absolute atomic E-state index is 11.2. The van der Waals surface area contributed by atoms with Crippen LogP contribution in [0.5, 0.6) is 0 Å². The second-order valence-corrected chi connectivity index (χ2v) is 5.37. The van der Waals surface area contributed by atoms with E-state index in [-0.39, 0.29) is 5.92 Å². The van der Waals surface area contributed by atoms with Crippen molar-refractivity contribution in [2.75, 3.05) is 0 Å². The first-order valence-electron chi connectivity index (χ1n) is 6.35. The highest BCUT2D eigenvalue weighted by Gasteiger charge is 2.30. The van der Waals surface area contributed by atoms with Crippen molar-refractivity contribution in [2.24, 2.45) is 11.8 Å². The van der Waals surface area contributed by atoms with Crippen LogP contribution >= 0.6 is 0 Å². The number of aliphatic hydroxyl groups is 1. The minimum Gasteiger partial charge on any atom is -0.481 e. The van der Waals surface area contributed by atoms with Gasteiger partial charge in [-0.2, -0.15) is 0 Å². The van der Waals surface area contributed by atoms with Crippen LogP contribution in [0, 0.1) is 11.8 Å². The minimum atomic E-state index is -0.955. The molecule has 2 unspecified atom stereocenters. The van der Waals surface area contributed by atoms with Gasteiger partial charge in [0.05, 0.1) is 12.0 Å². The molecule has 18 heavy (non-hydrogen) atoms. The van der Waals surface area contributed by atoms with Crippen LogP contribution in [0.1, 0.15) is 50.8 Å². The second-order valence-electron chi connectivity index (χ2n) is 5.37. The molecule has 2 N–H and O–H groups in total. The molecular formula is C15H22O3. The Morgan fingerprint density at radius 2 is 1.44 bits per heavy atom. The van der Waals surface area contributed by atoms with Gasteiger partial charge in [0.2, 0.25) is 0 Å². The topological polar surface area (TPSA) is 57.5 Å². The van der Waals surface area contributed by atoms with Gasteiger partial charge in [0, 0.05) is 0 Å². The molecule has 1 aromatic carbocycles. The molecule has 0 amide bonds. The van der Waals surface area contributed by atoms with Gasteiger partial charge in [-0.3, -0.25) is 4.79 Å². The average molecular weight is 250 g/mol. The zero-order valence-corrected chi connectivity index (χ0v) is 11.4. The van der Waals surface area contributed by atoms with E-state index in [9.17, 15) is 9.90 Å². The fourth-order valence-corrected chi connectivity index (χ4v) is 2.07. The van der Waals surface area contributed by atoms with Gasteiger partial charge in [-0.05, 0) is 23.0 Å². The van der Waals surface area contributed by atoms with E-state index >= 15 is 0 Å². The number of benzene rings is 1. The summed E-state index contributed by atoms with van der Waals surface area (Å²) in [4.78, 5) is 11.2. The summed E-state index contributed by atoms with van der Waals surface area (Å²) in [5, 5.41) is 19.3. The molecule has 0 bridgehead atoms. The SMILES string of the molecule is CC(C)c1ccc(C(O)C(C(=O)O)C(C)C)cc1. The molecule has 0 radical (unpaired) electrons. The number of aliphatic hydroxyl groups excluding tert-OH is 1. The van der Waals surface area contributed by atoms with E-state index in [4.69, 9.17) is 5.11 Å². The molecular weight excluding hydrogens is 228 g/mol. The van der Waals surface area contributed by atoms with Crippen molar-refractivity contribution >= 4 is 5.97 Å². The molecule has 0 heterocycles. The van der Waals surface area contributed by atoms with Gasteiger partial charge in [-0.15, -0.1) is 0 Å².